The Kier molecular flexibility index (Phi) is 3.57. The number of hydrogen-bond acceptors (Lipinski definition) is 1. The van der Waals surface area contributed by atoms with Crippen molar-refractivity contribution in [1.29, 1.82) is 0 Å². The molecule has 3 atom stereocenters. The molecule has 12 heavy (non-hydrogen) atoms. The van der Waals surface area contributed by atoms with Crippen LogP contribution in [0.4, 0.5) is 0 Å². The van der Waals surface area contributed by atoms with E-state index in [4.69, 9.17) is 0 Å². The van der Waals surface area contributed by atoms with Crippen molar-refractivity contribution in [2.45, 2.75) is 46.6 Å². The lowest BCUT2D eigenvalue weighted by molar-refractivity contribution is 0.0712. The lowest BCUT2D eigenvalue weighted by Gasteiger charge is -2.42. The lowest BCUT2D eigenvalue weighted by atomic mass is 9.84. The van der Waals surface area contributed by atoms with Crippen molar-refractivity contribution in [3.8, 4) is 0 Å². The van der Waals surface area contributed by atoms with E-state index in [-0.39, 0.29) is 0 Å². The third kappa shape index (κ3) is 2.01. The third-order valence-corrected chi connectivity index (χ3v) is 3.27. The van der Waals surface area contributed by atoms with Crippen molar-refractivity contribution in [3.63, 3.8) is 0 Å². The predicted molar refractivity (Wildman–Crippen MR) is 54.3 cm³/mol. The number of rotatable bonds is 2. The summed E-state index contributed by atoms with van der Waals surface area (Å²) in [5.74, 6) is 1.81. The standard InChI is InChI=1S/C11H23N/c1-5-11-10(4)7-9(3)8-12(11)6-2/h9-11H,5-8H2,1-4H3. The maximum Gasteiger partial charge on any atom is 0.0118 e. The van der Waals surface area contributed by atoms with Crippen LogP contribution < -0.4 is 0 Å². The highest BCUT2D eigenvalue weighted by atomic mass is 15.2. The fourth-order valence-corrected chi connectivity index (χ4v) is 2.79. The van der Waals surface area contributed by atoms with Gasteiger partial charge in [-0.05, 0) is 31.2 Å². The van der Waals surface area contributed by atoms with Gasteiger partial charge in [0.05, 0.1) is 0 Å². The molecule has 1 aliphatic heterocycles. The third-order valence-electron chi connectivity index (χ3n) is 3.27. The summed E-state index contributed by atoms with van der Waals surface area (Å²) in [5, 5.41) is 0. The predicted octanol–water partition coefficient (Wildman–Crippen LogP) is 2.76. The normalized spacial score (nSPS) is 38.5. The number of nitrogens with zero attached hydrogens (tertiary/aromatic N) is 1. The smallest absolute Gasteiger partial charge is 0.0118 e. The lowest BCUT2D eigenvalue weighted by Crippen LogP contribution is -2.46. The average molecular weight is 169 g/mol. The molecule has 1 fully saturated rings. The van der Waals surface area contributed by atoms with Crippen LogP contribution in [0.2, 0.25) is 0 Å². The molecular weight excluding hydrogens is 146 g/mol. The van der Waals surface area contributed by atoms with Gasteiger partial charge in [-0.3, -0.25) is 0 Å². The van der Waals surface area contributed by atoms with E-state index in [9.17, 15) is 0 Å². The SMILES string of the molecule is CCC1C(C)CC(C)CN1CC. The molecule has 72 valence electrons. The first-order valence-corrected chi connectivity index (χ1v) is 5.43. The second kappa shape index (κ2) is 4.27. The molecule has 0 aromatic rings. The van der Waals surface area contributed by atoms with Crippen LogP contribution in [0.5, 0.6) is 0 Å². The Morgan fingerprint density at radius 2 is 1.92 bits per heavy atom. The van der Waals surface area contributed by atoms with E-state index in [1.54, 1.807) is 0 Å². The summed E-state index contributed by atoms with van der Waals surface area (Å²) in [6, 6.07) is 0.853. The van der Waals surface area contributed by atoms with Gasteiger partial charge in [-0.25, -0.2) is 0 Å². The molecule has 0 bridgehead atoms. The van der Waals surface area contributed by atoms with Crippen molar-refractivity contribution in [1.82, 2.24) is 4.90 Å². The molecule has 0 aromatic carbocycles. The first-order chi connectivity index (χ1) is 5.69. The molecule has 0 spiro atoms. The molecule has 1 saturated heterocycles. The van der Waals surface area contributed by atoms with Crippen molar-refractivity contribution < 1.29 is 0 Å². The Morgan fingerprint density at radius 3 is 2.42 bits per heavy atom. The zero-order valence-corrected chi connectivity index (χ0v) is 9.01. The van der Waals surface area contributed by atoms with Crippen LogP contribution in [0.15, 0.2) is 0 Å². The van der Waals surface area contributed by atoms with Crippen LogP contribution in [-0.4, -0.2) is 24.0 Å². The summed E-state index contributed by atoms with van der Waals surface area (Å²) < 4.78 is 0. The maximum atomic E-state index is 2.65. The molecule has 0 aliphatic carbocycles. The molecule has 1 aliphatic rings. The topological polar surface area (TPSA) is 3.24 Å². The fraction of sp³-hybridized carbons (Fsp3) is 1.00. The molecule has 0 saturated carbocycles. The van der Waals surface area contributed by atoms with E-state index < -0.39 is 0 Å². The van der Waals surface area contributed by atoms with Gasteiger partial charge in [0.2, 0.25) is 0 Å². The van der Waals surface area contributed by atoms with Crippen molar-refractivity contribution in [2.24, 2.45) is 11.8 Å². The minimum Gasteiger partial charge on any atom is -0.300 e. The van der Waals surface area contributed by atoms with Crippen molar-refractivity contribution in [3.05, 3.63) is 0 Å². The highest BCUT2D eigenvalue weighted by Crippen LogP contribution is 2.28. The van der Waals surface area contributed by atoms with Gasteiger partial charge in [-0.1, -0.05) is 27.7 Å². The minimum absolute atomic E-state index is 0.853. The zero-order valence-electron chi connectivity index (χ0n) is 9.01. The van der Waals surface area contributed by atoms with Crippen LogP contribution in [0.1, 0.15) is 40.5 Å². The van der Waals surface area contributed by atoms with Crippen LogP contribution in [0.3, 0.4) is 0 Å². The van der Waals surface area contributed by atoms with Gasteiger partial charge in [0.1, 0.15) is 0 Å². The maximum absolute atomic E-state index is 2.65. The van der Waals surface area contributed by atoms with E-state index in [0.29, 0.717) is 0 Å². The van der Waals surface area contributed by atoms with Gasteiger partial charge in [0.25, 0.3) is 0 Å². The van der Waals surface area contributed by atoms with Gasteiger partial charge in [-0.15, -0.1) is 0 Å². The summed E-state index contributed by atoms with van der Waals surface area (Å²) in [4.78, 5) is 2.65. The Bertz CT molecular complexity index is 133. The van der Waals surface area contributed by atoms with Crippen LogP contribution in [0, 0.1) is 11.8 Å². The van der Waals surface area contributed by atoms with E-state index in [1.165, 1.54) is 25.9 Å². The minimum atomic E-state index is 0.853. The Balaban J connectivity index is 2.56. The molecule has 1 nitrogen and oxygen atoms in total. The first kappa shape index (κ1) is 10.0. The Hall–Kier alpha value is -0.0400. The molecule has 1 heteroatoms. The van der Waals surface area contributed by atoms with Gasteiger partial charge in [-0.2, -0.15) is 0 Å². The average Bonchev–Trinajstić information content (AvgIpc) is 2.03. The van der Waals surface area contributed by atoms with Gasteiger partial charge < -0.3 is 4.90 Å². The molecule has 3 unspecified atom stereocenters. The molecule has 0 radical (unpaired) electrons. The summed E-state index contributed by atoms with van der Waals surface area (Å²) in [6.07, 6.45) is 2.75. The zero-order chi connectivity index (χ0) is 9.14. The largest absolute Gasteiger partial charge is 0.300 e. The van der Waals surface area contributed by atoms with Crippen molar-refractivity contribution in [2.75, 3.05) is 13.1 Å². The number of piperidine rings is 1. The second-order valence-corrected chi connectivity index (χ2v) is 4.38. The van der Waals surface area contributed by atoms with Gasteiger partial charge in [0, 0.05) is 12.6 Å². The van der Waals surface area contributed by atoms with Crippen LogP contribution >= 0.6 is 0 Å². The van der Waals surface area contributed by atoms with E-state index in [1.807, 2.05) is 0 Å². The Morgan fingerprint density at radius 1 is 1.25 bits per heavy atom. The first-order valence-electron chi connectivity index (χ1n) is 5.43. The van der Waals surface area contributed by atoms with Crippen molar-refractivity contribution >= 4 is 0 Å². The van der Waals surface area contributed by atoms with Crippen LogP contribution in [0.25, 0.3) is 0 Å². The second-order valence-electron chi connectivity index (χ2n) is 4.38. The van der Waals surface area contributed by atoms with E-state index in [0.717, 1.165) is 17.9 Å². The molecular formula is C11H23N. The van der Waals surface area contributed by atoms with Crippen LogP contribution in [-0.2, 0) is 0 Å². The van der Waals surface area contributed by atoms with E-state index >= 15 is 0 Å². The molecule has 0 N–H and O–H groups in total. The highest BCUT2D eigenvalue weighted by Gasteiger charge is 2.29. The summed E-state index contributed by atoms with van der Waals surface area (Å²) in [7, 11) is 0. The summed E-state index contributed by atoms with van der Waals surface area (Å²) in [6.45, 7) is 11.9. The monoisotopic (exact) mass is 169 g/mol. The summed E-state index contributed by atoms with van der Waals surface area (Å²) in [5.41, 5.74) is 0. The van der Waals surface area contributed by atoms with Gasteiger partial charge in [0.15, 0.2) is 0 Å². The fourth-order valence-electron chi connectivity index (χ4n) is 2.79. The summed E-state index contributed by atoms with van der Waals surface area (Å²) >= 11 is 0. The quantitative estimate of drug-likeness (QED) is 0.614. The number of hydrogen-bond donors (Lipinski definition) is 0. The Labute approximate surface area is 77.1 Å². The molecule has 0 aromatic heterocycles. The van der Waals surface area contributed by atoms with E-state index in [2.05, 4.69) is 32.6 Å². The molecule has 0 amide bonds. The molecule has 1 heterocycles. The highest BCUT2D eigenvalue weighted by molar-refractivity contribution is 4.83. The molecule has 1 rings (SSSR count). The van der Waals surface area contributed by atoms with Gasteiger partial charge >= 0.3 is 0 Å². The number of likely N-dealkylation sites (tertiary alicyclic amines) is 1.